The molecule has 1 aliphatic carbocycles. The normalized spacial score (nSPS) is 20.6. The van der Waals surface area contributed by atoms with Gasteiger partial charge in [0.15, 0.2) is 0 Å². The van der Waals surface area contributed by atoms with E-state index in [-0.39, 0.29) is 17.9 Å². The number of carbonyl (C=O) groups excluding carboxylic acids is 2. The number of rotatable bonds is 5. The summed E-state index contributed by atoms with van der Waals surface area (Å²) in [6.45, 7) is 1.26. The molecule has 0 radical (unpaired) electrons. The van der Waals surface area contributed by atoms with Gasteiger partial charge in [-0.3, -0.25) is 4.79 Å². The Kier molecular flexibility index (Phi) is 7.25. The Labute approximate surface area is 194 Å². The van der Waals surface area contributed by atoms with Crippen LogP contribution >= 0.6 is 22.7 Å². The highest BCUT2D eigenvalue weighted by Gasteiger charge is 2.28. The Morgan fingerprint density at radius 3 is 3.03 bits per heavy atom. The number of ether oxygens (including phenoxy) is 1. The molecule has 0 saturated carbocycles. The summed E-state index contributed by atoms with van der Waals surface area (Å²) in [5.41, 5.74) is 1.54. The maximum Gasteiger partial charge on any atom is 0.409 e. The second-order valence-corrected chi connectivity index (χ2v) is 10.2. The van der Waals surface area contributed by atoms with Crippen molar-refractivity contribution in [3.8, 4) is 6.07 Å². The topological polar surface area (TPSA) is 103 Å². The third-order valence-corrected chi connectivity index (χ3v) is 7.76. The summed E-state index contributed by atoms with van der Waals surface area (Å²) < 4.78 is 5.52. The van der Waals surface area contributed by atoms with Crippen LogP contribution < -0.4 is 5.32 Å². The third-order valence-electron chi connectivity index (χ3n) is 5.76. The molecule has 2 aromatic rings. The highest BCUT2D eigenvalue weighted by atomic mass is 32.1. The third kappa shape index (κ3) is 5.38. The van der Waals surface area contributed by atoms with Gasteiger partial charge in [-0.15, -0.1) is 22.7 Å². The second kappa shape index (κ2) is 10.3. The molecule has 1 saturated heterocycles. The van der Waals surface area contributed by atoms with E-state index in [1.807, 2.05) is 17.5 Å². The molecule has 2 N–H and O–H groups in total. The van der Waals surface area contributed by atoms with Gasteiger partial charge in [0.25, 0.3) is 0 Å². The first-order valence-corrected chi connectivity index (χ1v) is 12.4. The van der Waals surface area contributed by atoms with E-state index >= 15 is 0 Å². The maximum atomic E-state index is 12.3. The number of nitrogens with zero attached hydrogens (tertiary/aromatic N) is 2. The lowest BCUT2D eigenvalue weighted by Gasteiger charge is -2.30. The summed E-state index contributed by atoms with van der Waals surface area (Å²) in [5.74, 6) is -0.0867. The number of aliphatic hydroxyl groups is 1. The molecular formula is C23H25N3O4S2. The fraction of sp³-hybridized carbons (Fsp3) is 0.435. The van der Waals surface area contributed by atoms with Crippen molar-refractivity contribution in [3.05, 3.63) is 44.5 Å². The number of anilines is 1. The highest BCUT2D eigenvalue weighted by molar-refractivity contribution is 7.16. The van der Waals surface area contributed by atoms with E-state index in [1.165, 1.54) is 17.4 Å². The highest BCUT2D eigenvalue weighted by Crippen LogP contribution is 2.39. The molecule has 2 amide bonds. The van der Waals surface area contributed by atoms with Gasteiger partial charge in [0.2, 0.25) is 5.91 Å². The molecule has 2 aromatic heterocycles. The second-order valence-electron chi connectivity index (χ2n) is 8.09. The van der Waals surface area contributed by atoms with Crippen LogP contribution in [0.2, 0.25) is 0 Å². The number of aliphatic hydroxyl groups excluding tert-OH is 1. The van der Waals surface area contributed by atoms with Crippen molar-refractivity contribution < 1.29 is 19.4 Å². The standard InChI is InChI=1S/C23H25N3O4S2/c24-12-19-18-7-5-15(14-30-23(29)26-9-1-3-16(27)13-26)11-20(18)32-22(19)25-21(28)8-6-17-4-2-10-31-17/h2,4,6,8,10,15-16,27H,1,3,5,7,9,11,13-14H2,(H,25,28)/b8-6+. The number of β-amino-alcohol motifs (C(OH)–C–C–N with tert-alkyl or cyclic N) is 1. The van der Waals surface area contributed by atoms with Gasteiger partial charge in [-0.25, -0.2) is 4.79 Å². The first-order chi connectivity index (χ1) is 15.5. The van der Waals surface area contributed by atoms with Gasteiger partial charge in [-0.2, -0.15) is 5.26 Å². The van der Waals surface area contributed by atoms with Crippen LogP contribution in [0, 0.1) is 17.2 Å². The lowest BCUT2D eigenvalue weighted by Crippen LogP contribution is -2.42. The van der Waals surface area contributed by atoms with Gasteiger partial charge >= 0.3 is 6.09 Å². The van der Waals surface area contributed by atoms with E-state index in [2.05, 4.69) is 11.4 Å². The van der Waals surface area contributed by atoms with Crippen molar-refractivity contribution in [2.45, 2.75) is 38.2 Å². The van der Waals surface area contributed by atoms with E-state index in [1.54, 1.807) is 22.3 Å². The number of nitrogens with one attached hydrogen (secondary N) is 1. The number of nitriles is 1. The molecule has 1 fully saturated rings. The summed E-state index contributed by atoms with van der Waals surface area (Å²) in [6, 6.07) is 6.10. The Hall–Kier alpha value is -2.67. The first kappa shape index (κ1) is 22.5. The zero-order valence-electron chi connectivity index (χ0n) is 17.6. The number of carbonyl (C=O) groups is 2. The largest absolute Gasteiger partial charge is 0.449 e. The Morgan fingerprint density at radius 2 is 2.28 bits per heavy atom. The quantitative estimate of drug-likeness (QED) is 0.641. The van der Waals surface area contributed by atoms with Gasteiger partial charge in [-0.1, -0.05) is 6.07 Å². The molecule has 3 heterocycles. The van der Waals surface area contributed by atoms with Gasteiger partial charge in [-0.05, 0) is 61.1 Å². The minimum Gasteiger partial charge on any atom is -0.449 e. The molecular weight excluding hydrogens is 446 g/mol. The Morgan fingerprint density at radius 1 is 1.41 bits per heavy atom. The van der Waals surface area contributed by atoms with Gasteiger partial charge in [0.05, 0.1) is 18.3 Å². The minimum absolute atomic E-state index is 0.175. The average molecular weight is 472 g/mol. The van der Waals surface area contributed by atoms with E-state index < -0.39 is 6.10 Å². The molecule has 7 nitrogen and oxygen atoms in total. The molecule has 2 unspecified atom stereocenters. The molecule has 0 spiro atoms. The van der Waals surface area contributed by atoms with Crippen molar-refractivity contribution >= 4 is 45.8 Å². The van der Waals surface area contributed by atoms with Crippen LogP contribution in [-0.4, -0.2) is 47.8 Å². The lowest BCUT2D eigenvalue weighted by molar-refractivity contribution is -0.111. The van der Waals surface area contributed by atoms with Crippen LogP contribution in [0.1, 0.15) is 40.1 Å². The molecule has 4 rings (SSSR count). The zero-order valence-corrected chi connectivity index (χ0v) is 19.2. The molecule has 2 aliphatic rings. The summed E-state index contributed by atoms with van der Waals surface area (Å²) in [6.07, 6.45) is 6.15. The Balaban J connectivity index is 1.35. The first-order valence-electron chi connectivity index (χ1n) is 10.7. The van der Waals surface area contributed by atoms with Crippen molar-refractivity contribution in [1.29, 1.82) is 5.26 Å². The van der Waals surface area contributed by atoms with Crippen molar-refractivity contribution in [2.24, 2.45) is 5.92 Å². The van der Waals surface area contributed by atoms with Gasteiger partial charge in [0, 0.05) is 28.9 Å². The minimum atomic E-state index is -0.474. The van der Waals surface area contributed by atoms with Crippen LogP contribution in [0.5, 0.6) is 0 Å². The van der Waals surface area contributed by atoms with E-state index in [9.17, 15) is 20.0 Å². The summed E-state index contributed by atoms with van der Waals surface area (Å²) >= 11 is 2.98. The summed E-state index contributed by atoms with van der Waals surface area (Å²) in [7, 11) is 0. The molecule has 2 atom stereocenters. The van der Waals surface area contributed by atoms with E-state index in [0.29, 0.717) is 36.7 Å². The molecule has 1 aliphatic heterocycles. The molecule has 9 heteroatoms. The number of fused-ring (bicyclic) bond motifs is 1. The smallest absolute Gasteiger partial charge is 0.409 e. The maximum absolute atomic E-state index is 12.3. The number of piperidine rings is 1. The lowest BCUT2D eigenvalue weighted by atomic mass is 9.88. The average Bonchev–Trinajstić information content (AvgIpc) is 3.43. The van der Waals surface area contributed by atoms with Crippen LogP contribution in [0.3, 0.4) is 0 Å². The van der Waals surface area contributed by atoms with Gasteiger partial charge in [0.1, 0.15) is 11.1 Å². The predicted octanol–water partition coefficient (Wildman–Crippen LogP) is 4.03. The summed E-state index contributed by atoms with van der Waals surface area (Å²) in [4.78, 5) is 28.3. The van der Waals surface area contributed by atoms with E-state index in [4.69, 9.17) is 4.74 Å². The zero-order chi connectivity index (χ0) is 22.5. The Bertz CT molecular complexity index is 1040. The fourth-order valence-electron chi connectivity index (χ4n) is 4.10. The molecule has 0 bridgehead atoms. The molecule has 168 valence electrons. The molecule has 32 heavy (non-hydrogen) atoms. The van der Waals surface area contributed by atoms with Crippen molar-refractivity contribution in [3.63, 3.8) is 0 Å². The van der Waals surface area contributed by atoms with Crippen LogP contribution in [-0.2, 0) is 22.4 Å². The van der Waals surface area contributed by atoms with Crippen LogP contribution in [0.15, 0.2) is 23.6 Å². The number of hydrogen-bond acceptors (Lipinski definition) is 7. The van der Waals surface area contributed by atoms with Crippen LogP contribution in [0.25, 0.3) is 6.08 Å². The van der Waals surface area contributed by atoms with Crippen molar-refractivity contribution in [2.75, 3.05) is 25.0 Å². The number of amides is 2. The number of likely N-dealkylation sites (tertiary alicyclic amines) is 1. The molecule has 0 aromatic carbocycles. The monoisotopic (exact) mass is 471 g/mol. The van der Waals surface area contributed by atoms with E-state index in [0.717, 1.165) is 41.0 Å². The summed E-state index contributed by atoms with van der Waals surface area (Å²) in [5, 5.41) is 24.8. The van der Waals surface area contributed by atoms with Gasteiger partial charge < -0.3 is 20.1 Å². The number of thiophene rings is 2. The van der Waals surface area contributed by atoms with Crippen molar-refractivity contribution in [1.82, 2.24) is 4.90 Å². The predicted molar refractivity (Wildman–Crippen MR) is 125 cm³/mol. The SMILES string of the molecule is N#Cc1c(NC(=O)/C=C/c2cccs2)sc2c1CCC(COC(=O)N1CCCC(O)C1)C2. The van der Waals surface area contributed by atoms with Crippen LogP contribution in [0.4, 0.5) is 9.80 Å². The number of hydrogen-bond donors (Lipinski definition) is 2. The fourth-order valence-corrected chi connectivity index (χ4v) is 6.03.